The number of rotatable bonds is 4. The fraction of sp³-hybridized carbons (Fsp3) is 0.200. The molecule has 0 heterocycles. The number of benzene rings is 2. The maximum atomic E-state index is 13.3. The van der Waals surface area contributed by atoms with Crippen LogP contribution in [0, 0.1) is 5.82 Å². The Morgan fingerprint density at radius 1 is 0.900 bits per heavy atom. The molecule has 5 heteroatoms. The second kappa shape index (κ2) is 5.94. The van der Waals surface area contributed by atoms with Crippen molar-refractivity contribution in [3.05, 3.63) is 65.5 Å². The second-order valence-electron chi connectivity index (χ2n) is 4.34. The summed E-state index contributed by atoms with van der Waals surface area (Å²) in [5.41, 5.74) is 0.471. The van der Waals surface area contributed by atoms with E-state index in [1.54, 1.807) is 18.2 Å². The first-order valence-corrected chi connectivity index (χ1v) is 6.11. The molecule has 0 fully saturated rings. The quantitative estimate of drug-likeness (QED) is 0.815. The molecule has 0 bridgehead atoms. The lowest BCUT2D eigenvalue weighted by Crippen LogP contribution is -2.07. The number of hydrogen-bond acceptors (Lipinski definition) is 1. The highest BCUT2D eigenvalue weighted by Crippen LogP contribution is 2.29. The molecule has 1 N–H and O–H groups in total. The van der Waals surface area contributed by atoms with Crippen molar-refractivity contribution in [1.82, 2.24) is 0 Å². The summed E-state index contributed by atoms with van der Waals surface area (Å²) in [6, 6.07) is 11.2. The minimum atomic E-state index is -4.33. The van der Waals surface area contributed by atoms with Crippen LogP contribution in [0.3, 0.4) is 0 Å². The van der Waals surface area contributed by atoms with Gasteiger partial charge in [0, 0.05) is 12.2 Å². The van der Waals surface area contributed by atoms with Crippen LogP contribution in [0.4, 0.5) is 23.2 Å². The van der Waals surface area contributed by atoms with Crippen molar-refractivity contribution >= 4 is 5.69 Å². The van der Waals surface area contributed by atoms with Crippen molar-refractivity contribution in [2.75, 3.05) is 11.9 Å². The highest BCUT2D eigenvalue weighted by molar-refractivity contribution is 5.45. The molecule has 0 unspecified atom stereocenters. The largest absolute Gasteiger partial charge is 0.416 e. The summed E-state index contributed by atoms with van der Waals surface area (Å²) in [5, 5.41) is 2.96. The first-order valence-electron chi connectivity index (χ1n) is 6.11. The summed E-state index contributed by atoms with van der Waals surface area (Å²) in [4.78, 5) is 0. The molecule has 0 aliphatic carbocycles. The molecule has 0 radical (unpaired) electrons. The fourth-order valence-corrected chi connectivity index (χ4v) is 1.82. The van der Waals surface area contributed by atoms with Crippen LogP contribution in [-0.2, 0) is 12.6 Å². The summed E-state index contributed by atoms with van der Waals surface area (Å²) in [7, 11) is 0. The van der Waals surface area contributed by atoms with Crippen LogP contribution < -0.4 is 5.32 Å². The minimum Gasteiger partial charge on any atom is -0.385 e. The van der Waals surface area contributed by atoms with Crippen molar-refractivity contribution < 1.29 is 17.6 Å². The number of halogens is 4. The van der Waals surface area contributed by atoms with Crippen LogP contribution >= 0.6 is 0 Å². The third-order valence-electron chi connectivity index (χ3n) is 2.89. The van der Waals surface area contributed by atoms with Crippen molar-refractivity contribution in [2.24, 2.45) is 0 Å². The maximum Gasteiger partial charge on any atom is 0.416 e. The van der Waals surface area contributed by atoms with Gasteiger partial charge in [-0.25, -0.2) is 4.39 Å². The van der Waals surface area contributed by atoms with E-state index in [0.717, 1.165) is 12.1 Å². The third-order valence-corrected chi connectivity index (χ3v) is 2.89. The summed E-state index contributed by atoms with van der Waals surface area (Å²) in [6.45, 7) is 0.451. The molecule has 106 valence electrons. The summed E-state index contributed by atoms with van der Waals surface area (Å²) in [5.74, 6) is -0.276. The molecule has 0 aromatic heterocycles. The average molecular weight is 283 g/mol. The van der Waals surface area contributed by atoms with Crippen LogP contribution in [0.25, 0.3) is 0 Å². The van der Waals surface area contributed by atoms with Gasteiger partial charge in [-0.15, -0.1) is 0 Å². The molecule has 0 aliphatic rings. The average Bonchev–Trinajstić information content (AvgIpc) is 2.40. The molecule has 0 atom stereocenters. The third kappa shape index (κ3) is 3.73. The number of alkyl halides is 3. The Bertz CT molecular complexity index is 561. The first kappa shape index (κ1) is 14.4. The van der Waals surface area contributed by atoms with Crippen LogP contribution in [0.1, 0.15) is 11.1 Å². The Hall–Kier alpha value is -2.04. The zero-order valence-electron chi connectivity index (χ0n) is 10.5. The van der Waals surface area contributed by atoms with Crippen molar-refractivity contribution in [3.8, 4) is 0 Å². The van der Waals surface area contributed by atoms with Crippen molar-refractivity contribution in [2.45, 2.75) is 12.6 Å². The number of anilines is 1. The highest BCUT2D eigenvalue weighted by atomic mass is 19.4. The van der Waals surface area contributed by atoms with Gasteiger partial charge in [-0.3, -0.25) is 0 Å². The molecule has 2 aromatic rings. The van der Waals surface area contributed by atoms with Gasteiger partial charge in [0.25, 0.3) is 0 Å². The van der Waals surface area contributed by atoms with Gasteiger partial charge < -0.3 is 5.32 Å². The second-order valence-corrected chi connectivity index (χ2v) is 4.34. The Morgan fingerprint density at radius 3 is 2.15 bits per heavy atom. The van der Waals surface area contributed by atoms with E-state index in [9.17, 15) is 17.6 Å². The van der Waals surface area contributed by atoms with Gasteiger partial charge in [-0.1, -0.05) is 18.2 Å². The SMILES string of the molecule is Fc1ccccc1CCNc1ccc(C(F)(F)F)cc1. The molecular weight excluding hydrogens is 270 g/mol. The molecule has 20 heavy (non-hydrogen) atoms. The number of hydrogen-bond donors (Lipinski definition) is 1. The van der Waals surface area contributed by atoms with Gasteiger partial charge in [0.05, 0.1) is 5.56 Å². The van der Waals surface area contributed by atoms with Gasteiger partial charge in [0.15, 0.2) is 0 Å². The topological polar surface area (TPSA) is 12.0 Å². The van der Waals surface area contributed by atoms with E-state index in [0.29, 0.717) is 24.2 Å². The van der Waals surface area contributed by atoms with E-state index in [4.69, 9.17) is 0 Å². The molecular formula is C15H13F4N. The first-order chi connectivity index (χ1) is 9.47. The molecule has 1 nitrogen and oxygen atoms in total. The molecule has 2 aromatic carbocycles. The van der Waals surface area contributed by atoms with E-state index in [1.165, 1.54) is 18.2 Å². The summed E-state index contributed by atoms with van der Waals surface area (Å²) < 4.78 is 50.5. The Labute approximate surface area is 114 Å². The van der Waals surface area contributed by atoms with Crippen LogP contribution in [0.2, 0.25) is 0 Å². The van der Waals surface area contributed by atoms with Gasteiger partial charge in [-0.2, -0.15) is 13.2 Å². The van der Waals surface area contributed by atoms with E-state index < -0.39 is 11.7 Å². The van der Waals surface area contributed by atoms with Gasteiger partial charge in [0.2, 0.25) is 0 Å². The van der Waals surface area contributed by atoms with E-state index in [-0.39, 0.29) is 5.82 Å². The summed E-state index contributed by atoms with van der Waals surface area (Å²) >= 11 is 0. The summed E-state index contributed by atoms with van der Waals surface area (Å²) in [6.07, 6.45) is -3.86. The molecule has 0 saturated carbocycles. The normalized spacial score (nSPS) is 11.4. The van der Waals surface area contributed by atoms with Gasteiger partial charge >= 0.3 is 6.18 Å². The Balaban J connectivity index is 1.90. The monoisotopic (exact) mass is 283 g/mol. The van der Waals surface area contributed by atoms with Crippen LogP contribution in [0.5, 0.6) is 0 Å². The molecule has 0 aliphatic heterocycles. The van der Waals surface area contributed by atoms with Crippen LogP contribution in [-0.4, -0.2) is 6.54 Å². The predicted octanol–water partition coefficient (Wildman–Crippen LogP) is 4.50. The highest BCUT2D eigenvalue weighted by Gasteiger charge is 2.29. The zero-order chi connectivity index (χ0) is 14.6. The zero-order valence-corrected chi connectivity index (χ0v) is 10.5. The van der Waals surface area contributed by atoms with E-state index in [1.807, 2.05) is 0 Å². The molecule has 0 spiro atoms. The van der Waals surface area contributed by atoms with Crippen molar-refractivity contribution in [1.29, 1.82) is 0 Å². The number of nitrogens with one attached hydrogen (secondary N) is 1. The molecule has 0 saturated heterocycles. The van der Waals surface area contributed by atoms with Crippen molar-refractivity contribution in [3.63, 3.8) is 0 Å². The lowest BCUT2D eigenvalue weighted by atomic mass is 10.1. The van der Waals surface area contributed by atoms with Gasteiger partial charge in [-0.05, 0) is 42.3 Å². The Morgan fingerprint density at radius 2 is 1.55 bits per heavy atom. The Kier molecular flexibility index (Phi) is 4.27. The van der Waals surface area contributed by atoms with E-state index >= 15 is 0 Å². The minimum absolute atomic E-state index is 0.276. The lowest BCUT2D eigenvalue weighted by molar-refractivity contribution is -0.137. The fourth-order valence-electron chi connectivity index (χ4n) is 1.82. The molecule has 2 rings (SSSR count). The van der Waals surface area contributed by atoms with Gasteiger partial charge in [0.1, 0.15) is 5.82 Å². The van der Waals surface area contributed by atoms with Crippen LogP contribution in [0.15, 0.2) is 48.5 Å². The smallest absolute Gasteiger partial charge is 0.385 e. The molecule has 0 amide bonds. The lowest BCUT2D eigenvalue weighted by Gasteiger charge is -2.09. The van der Waals surface area contributed by atoms with E-state index in [2.05, 4.69) is 5.32 Å². The predicted molar refractivity (Wildman–Crippen MR) is 70.0 cm³/mol. The standard InChI is InChI=1S/C15H13F4N/c16-14-4-2-1-3-11(14)9-10-20-13-7-5-12(6-8-13)15(17,18)19/h1-8,20H,9-10H2. The maximum absolute atomic E-state index is 13.3.